The van der Waals surface area contributed by atoms with Crippen molar-refractivity contribution < 1.29 is 39.9 Å². The van der Waals surface area contributed by atoms with Gasteiger partial charge in [-0.05, 0) is 48.1 Å². The van der Waals surface area contributed by atoms with Crippen LogP contribution in [0.15, 0.2) is 54.7 Å². The minimum Gasteiger partial charge on any atom is -0.548 e. The van der Waals surface area contributed by atoms with Crippen LogP contribution >= 0.6 is 0 Å². The van der Waals surface area contributed by atoms with Crippen LogP contribution in [0.25, 0.3) is 10.9 Å². The number of phenols is 1. The third-order valence-corrected chi connectivity index (χ3v) is 8.92. The number of aromatic nitrogens is 1. The summed E-state index contributed by atoms with van der Waals surface area (Å²) in [6.07, 6.45) is 2.51. The number of aromatic amines is 1. The molecule has 13 heteroatoms. The highest BCUT2D eigenvalue weighted by molar-refractivity contribution is 5.96. The second-order valence-corrected chi connectivity index (χ2v) is 13.1. The Morgan fingerprint density at radius 1 is 0.917 bits per heavy atom. The van der Waals surface area contributed by atoms with Crippen molar-refractivity contribution in [2.75, 3.05) is 6.54 Å². The number of H-pyrrole nitrogens is 1. The van der Waals surface area contributed by atoms with Gasteiger partial charge in [0.1, 0.15) is 23.9 Å². The molecule has 4 amide bonds. The van der Waals surface area contributed by atoms with Crippen LogP contribution in [0.1, 0.15) is 51.7 Å². The summed E-state index contributed by atoms with van der Waals surface area (Å²) in [7, 11) is 0. The standard InChI is InChI=1S/C35H46N6O7/c1-19(2)29(36)32(44)40-30(20(3)4)33(45)38-26(16-21-11-13-23(42)14-12-21)34(46)41-15-7-10-28(41)31(43)39-27(35(47)48)17-22-18-37-25-9-6-5-8-24(22)25/h5-6,8-9,11-14,18-20,26-30,37,42H,7,10,15-17,36H2,1-4H3,(H,38,45)(H,39,43)(H,40,44)(H,47,48)/t26-,27-,28-,29-,30-/m0/s1. The van der Waals surface area contributed by atoms with Crippen molar-refractivity contribution in [1.82, 2.24) is 25.8 Å². The molecule has 13 nitrogen and oxygen atoms in total. The summed E-state index contributed by atoms with van der Waals surface area (Å²) >= 11 is 0. The van der Waals surface area contributed by atoms with Gasteiger partial charge in [-0.25, -0.2) is 0 Å². The van der Waals surface area contributed by atoms with E-state index < -0.39 is 53.9 Å². The van der Waals surface area contributed by atoms with Gasteiger partial charge in [-0.1, -0.05) is 58.0 Å². The number of nitrogens with zero attached hydrogens (tertiary/aromatic N) is 1. The van der Waals surface area contributed by atoms with E-state index in [0.29, 0.717) is 24.0 Å². The Morgan fingerprint density at radius 2 is 1.60 bits per heavy atom. The monoisotopic (exact) mass is 662 g/mol. The fourth-order valence-corrected chi connectivity index (χ4v) is 5.91. The van der Waals surface area contributed by atoms with Gasteiger partial charge in [0.25, 0.3) is 5.91 Å². The van der Waals surface area contributed by atoms with Crippen LogP contribution in [0, 0.1) is 11.8 Å². The minimum absolute atomic E-state index is 0.0223. The molecule has 0 unspecified atom stereocenters. The summed E-state index contributed by atoms with van der Waals surface area (Å²) < 4.78 is 0. The summed E-state index contributed by atoms with van der Waals surface area (Å²) in [4.78, 5) is 70.8. The molecule has 3 aromatic rings. The zero-order valence-corrected chi connectivity index (χ0v) is 27.8. The molecule has 0 aliphatic carbocycles. The fourth-order valence-electron chi connectivity index (χ4n) is 5.91. The zero-order chi connectivity index (χ0) is 35.1. The van der Waals surface area contributed by atoms with Gasteiger partial charge in [-0.15, -0.1) is 0 Å². The van der Waals surface area contributed by atoms with Crippen LogP contribution in [-0.4, -0.2) is 81.3 Å². The third-order valence-electron chi connectivity index (χ3n) is 8.92. The Labute approximate surface area is 279 Å². The van der Waals surface area contributed by atoms with Gasteiger partial charge in [0.05, 0.1) is 12.0 Å². The largest absolute Gasteiger partial charge is 0.548 e. The number of para-hydroxylation sites is 1. The predicted molar refractivity (Wildman–Crippen MR) is 176 cm³/mol. The average Bonchev–Trinajstić information content (AvgIpc) is 3.70. The molecule has 8 N–H and O–H groups in total. The Bertz CT molecular complexity index is 1620. The number of carboxylic acid groups (broad SMARTS) is 1. The van der Waals surface area contributed by atoms with Crippen molar-refractivity contribution in [3.63, 3.8) is 0 Å². The predicted octanol–water partition coefficient (Wildman–Crippen LogP) is -0.223. The number of benzene rings is 2. The molecule has 0 radical (unpaired) electrons. The van der Waals surface area contributed by atoms with E-state index in [1.54, 1.807) is 32.2 Å². The highest BCUT2D eigenvalue weighted by Gasteiger charge is 2.39. The quantitative estimate of drug-likeness (QED) is 0.136. The van der Waals surface area contributed by atoms with Crippen LogP contribution in [0.3, 0.4) is 0 Å². The first-order chi connectivity index (χ1) is 22.8. The number of aliphatic carboxylic acids is 1. The second kappa shape index (κ2) is 15.8. The van der Waals surface area contributed by atoms with Gasteiger partial charge in [0, 0.05) is 42.4 Å². The van der Waals surface area contributed by atoms with Gasteiger partial charge in [0.2, 0.25) is 17.7 Å². The van der Waals surface area contributed by atoms with Crippen molar-refractivity contribution >= 4 is 40.5 Å². The van der Waals surface area contributed by atoms with E-state index >= 15 is 0 Å². The van der Waals surface area contributed by atoms with Crippen LogP contribution in [0.5, 0.6) is 5.75 Å². The summed E-state index contributed by atoms with van der Waals surface area (Å²) in [5.41, 5.74) is 6.07. The molecule has 1 saturated heterocycles. The summed E-state index contributed by atoms with van der Waals surface area (Å²) in [5, 5.41) is 30.9. The van der Waals surface area contributed by atoms with Gasteiger partial charge in [0.15, 0.2) is 6.04 Å². The van der Waals surface area contributed by atoms with E-state index in [-0.39, 0.29) is 42.9 Å². The molecule has 1 aromatic heterocycles. The van der Waals surface area contributed by atoms with Gasteiger partial charge in [-0.2, -0.15) is 0 Å². The molecule has 2 aromatic carbocycles. The highest BCUT2D eigenvalue weighted by Crippen LogP contribution is 2.23. The highest BCUT2D eigenvalue weighted by atomic mass is 16.4. The minimum atomic E-state index is -1.45. The summed E-state index contributed by atoms with van der Waals surface area (Å²) in [6, 6.07) is 8.61. The number of fused-ring (bicyclic) bond motifs is 1. The molecule has 0 bridgehead atoms. The van der Waals surface area contributed by atoms with E-state index in [1.807, 2.05) is 38.1 Å². The zero-order valence-electron chi connectivity index (χ0n) is 27.8. The van der Waals surface area contributed by atoms with Crippen LogP contribution in [-0.2, 0) is 36.8 Å². The Morgan fingerprint density at radius 3 is 2.25 bits per heavy atom. The number of hydrogen-bond acceptors (Lipinski definition) is 7. The summed E-state index contributed by atoms with van der Waals surface area (Å²) in [5.74, 6) is -3.90. The number of likely N-dealkylation sites (tertiary alicyclic amines) is 1. The lowest BCUT2D eigenvalue weighted by molar-refractivity contribution is -0.414. The number of carboxylic acids is 1. The number of phenolic OH excluding ortho intramolecular Hbond substituents is 1. The van der Waals surface area contributed by atoms with E-state index in [2.05, 4.69) is 26.7 Å². The van der Waals surface area contributed by atoms with Crippen molar-refractivity contribution in [2.24, 2.45) is 11.8 Å². The van der Waals surface area contributed by atoms with E-state index in [0.717, 1.165) is 10.9 Å². The molecule has 4 rings (SSSR count). The molecule has 1 aliphatic rings. The number of aromatic hydroxyl groups is 1. The van der Waals surface area contributed by atoms with Crippen molar-refractivity contribution in [1.29, 1.82) is 0 Å². The fraction of sp³-hybridized carbons (Fsp3) is 0.457. The number of carbonyl (C=O) groups is 5. The number of quaternary nitrogens is 1. The maximum absolute atomic E-state index is 14.2. The Hall–Kier alpha value is -4.91. The van der Waals surface area contributed by atoms with Gasteiger partial charge < -0.3 is 46.6 Å². The number of rotatable bonds is 14. The third kappa shape index (κ3) is 8.71. The molecule has 0 spiro atoms. The van der Waals surface area contributed by atoms with Crippen molar-refractivity contribution in [3.05, 3.63) is 65.9 Å². The van der Waals surface area contributed by atoms with Crippen LogP contribution in [0.2, 0.25) is 0 Å². The van der Waals surface area contributed by atoms with E-state index in [4.69, 9.17) is 0 Å². The Kier molecular flexibility index (Phi) is 11.8. The molecule has 48 heavy (non-hydrogen) atoms. The topological polar surface area (TPSA) is 211 Å². The first-order valence-corrected chi connectivity index (χ1v) is 16.3. The summed E-state index contributed by atoms with van der Waals surface area (Å²) in [6.45, 7) is 7.49. The lowest BCUT2D eigenvalue weighted by Crippen LogP contribution is -2.71. The SMILES string of the molecule is CC(C)[C@H]([NH3+])C(=O)N[C@H](C(=O)N[C@@H](Cc1ccc(O)cc1)C(=O)N1CCC[C@H]1C(=O)N[C@@H](Cc1c[nH]c2ccccc12)C(=O)[O-])C(C)C. The molecule has 1 fully saturated rings. The van der Waals surface area contributed by atoms with Gasteiger partial charge in [-0.3, -0.25) is 19.2 Å². The molecule has 1 aliphatic heterocycles. The first-order valence-electron chi connectivity index (χ1n) is 16.3. The molecule has 258 valence electrons. The van der Waals surface area contributed by atoms with Crippen molar-refractivity contribution in [3.8, 4) is 5.75 Å². The normalized spacial score (nSPS) is 17.1. The molecule has 0 saturated carbocycles. The van der Waals surface area contributed by atoms with Crippen molar-refractivity contribution in [2.45, 2.75) is 83.6 Å². The van der Waals surface area contributed by atoms with Crippen LogP contribution < -0.4 is 26.8 Å². The lowest BCUT2D eigenvalue weighted by Gasteiger charge is -2.31. The second-order valence-electron chi connectivity index (χ2n) is 13.1. The molecule has 5 atom stereocenters. The van der Waals surface area contributed by atoms with Gasteiger partial charge >= 0.3 is 0 Å². The maximum atomic E-state index is 14.2. The van der Waals surface area contributed by atoms with E-state index in [1.165, 1.54) is 17.0 Å². The number of carbonyl (C=O) groups excluding carboxylic acids is 5. The smallest absolute Gasteiger partial charge is 0.279 e. The molecule has 2 heterocycles. The average molecular weight is 663 g/mol. The molecular weight excluding hydrogens is 616 g/mol. The number of amides is 4. The number of nitrogens with one attached hydrogen (secondary N) is 4. The lowest BCUT2D eigenvalue weighted by atomic mass is 9.99. The van der Waals surface area contributed by atoms with Crippen LogP contribution in [0.4, 0.5) is 0 Å². The maximum Gasteiger partial charge on any atom is 0.279 e. The number of hydrogen-bond donors (Lipinski definition) is 6. The molecular formula is C35H46N6O7. The first kappa shape index (κ1) is 35.9. The van der Waals surface area contributed by atoms with E-state index in [9.17, 15) is 34.2 Å². The Balaban J connectivity index is 1.53.